The number of hydrogen-bond donors (Lipinski definition) is 0. The zero-order valence-corrected chi connectivity index (χ0v) is 21.8. The lowest BCUT2D eigenvalue weighted by molar-refractivity contribution is 0.0725. The molecule has 0 atom stereocenters. The fourth-order valence-electron chi connectivity index (χ4n) is 4.01. The van der Waals surface area contributed by atoms with E-state index >= 15 is 0 Å². The monoisotopic (exact) mass is 492 g/mol. The summed E-state index contributed by atoms with van der Waals surface area (Å²) in [5, 5.41) is 0. The number of aryl methyl sites for hydroxylation is 6. The van der Waals surface area contributed by atoms with E-state index in [0.717, 1.165) is 41.5 Å². The molecule has 0 unspecified atom stereocenters. The van der Waals surface area contributed by atoms with Crippen LogP contribution < -0.4 is 9.47 Å². The van der Waals surface area contributed by atoms with E-state index in [1.54, 1.807) is 12.1 Å². The summed E-state index contributed by atoms with van der Waals surface area (Å²) < 4.78 is 11.1. The van der Waals surface area contributed by atoms with Crippen LogP contribution >= 0.6 is 0 Å². The van der Waals surface area contributed by atoms with Crippen LogP contribution in [0.3, 0.4) is 0 Å². The molecule has 0 saturated heterocycles. The summed E-state index contributed by atoms with van der Waals surface area (Å²) in [6.07, 6.45) is 2.80. The van der Waals surface area contributed by atoms with Gasteiger partial charge in [-0.3, -0.25) is 0 Å². The molecule has 4 heteroatoms. The van der Waals surface area contributed by atoms with E-state index in [-0.39, 0.29) is 11.9 Å². The Morgan fingerprint density at radius 2 is 0.892 bits per heavy atom. The van der Waals surface area contributed by atoms with Crippen molar-refractivity contribution in [1.29, 1.82) is 0 Å². The van der Waals surface area contributed by atoms with Gasteiger partial charge < -0.3 is 9.47 Å². The maximum absolute atomic E-state index is 12.4. The highest BCUT2D eigenvalue weighted by molar-refractivity contribution is 5.92. The van der Waals surface area contributed by atoms with Gasteiger partial charge in [-0.15, -0.1) is 0 Å². The molecule has 4 aromatic rings. The Balaban J connectivity index is 1.24. The van der Waals surface area contributed by atoms with E-state index < -0.39 is 0 Å². The molecular weight excluding hydrogens is 460 g/mol. The number of esters is 2. The first-order valence-corrected chi connectivity index (χ1v) is 12.6. The van der Waals surface area contributed by atoms with Crippen LogP contribution in [0.25, 0.3) is 0 Å². The van der Waals surface area contributed by atoms with Gasteiger partial charge in [-0.25, -0.2) is 9.59 Å². The molecule has 4 nitrogen and oxygen atoms in total. The molecule has 0 aromatic heterocycles. The highest BCUT2D eigenvalue weighted by Crippen LogP contribution is 2.19. The molecule has 0 radical (unpaired) electrons. The second-order valence-corrected chi connectivity index (χ2v) is 9.52. The van der Waals surface area contributed by atoms with Crippen molar-refractivity contribution in [3.63, 3.8) is 0 Å². The minimum Gasteiger partial charge on any atom is -0.423 e. The third-order valence-electron chi connectivity index (χ3n) is 6.68. The predicted molar refractivity (Wildman–Crippen MR) is 147 cm³/mol. The van der Waals surface area contributed by atoms with Crippen LogP contribution in [0.4, 0.5) is 0 Å². The second-order valence-electron chi connectivity index (χ2n) is 9.52. The highest BCUT2D eigenvalue weighted by atomic mass is 16.5. The van der Waals surface area contributed by atoms with E-state index in [9.17, 15) is 9.59 Å². The Kier molecular flexibility index (Phi) is 8.19. The van der Waals surface area contributed by atoms with E-state index in [2.05, 4.69) is 0 Å². The molecule has 0 aliphatic carbocycles. The SMILES string of the molecule is Cc1ccc(C(=O)Oc2ccc(CCCc3ccc(OC(=O)c4ccc(C)c(C)c4)cc3)cc2)cc1C. The van der Waals surface area contributed by atoms with Gasteiger partial charge in [0.1, 0.15) is 11.5 Å². The van der Waals surface area contributed by atoms with Crippen LogP contribution in [0.15, 0.2) is 84.9 Å². The highest BCUT2D eigenvalue weighted by Gasteiger charge is 2.11. The van der Waals surface area contributed by atoms with Crippen LogP contribution in [-0.2, 0) is 12.8 Å². The van der Waals surface area contributed by atoms with E-state index in [4.69, 9.17) is 9.47 Å². The molecule has 0 amide bonds. The maximum Gasteiger partial charge on any atom is 0.343 e. The number of benzene rings is 4. The van der Waals surface area contributed by atoms with Gasteiger partial charge in [0, 0.05) is 0 Å². The summed E-state index contributed by atoms with van der Waals surface area (Å²) in [6.45, 7) is 8.00. The molecule has 0 saturated carbocycles. The molecule has 4 rings (SSSR count). The molecule has 0 N–H and O–H groups in total. The molecule has 37 heavy (non-hydrogen) atoms. The first kappa shape index (κ1) is 25.9. The van der Waals surface area contributed by atoms with Crippen LogP contribution in [0.5, 0.6) is 11.5 Å². The summed E-state index contributed by atoms with van der Waals surface area (Å²) in [5.74, 6) is 0.383. The molecule has 4 aromatic carbocycles. The number of hydrogen-bond acceptors (Lipinski definition) is 4. The van der Waals surface area contributed by atoms with Crippen molar-refractivity contribution < 1.29 is 19.1 Å². The van der Waals surface area contributed by atoms with Crippen LogP contribution in [0, 0.1) is 27.7 Å². The first-order chi connectivity index (χ1) is 17.8. The average Bonchev–Trinajstić information content (AvgIpc) is 2.89. The van der Waals surface area contributed by atoms with Gasteiger partial charge in [-0.1, -0.05) is 36.4 Å². The van der Waals surface area contributed by atoms with Gasteiger partial charge in [0.05, 0.1) is 11.1 Å². The lowest BCUT2D eigenvalue weighted by Crippen LogP contribution is -2.09. The summed E-state index contributed by atoms with van der Waals surface area (Å²) in [5.41, 5.74) is 7.91. The zero-order valence-electron chi connectivity index (χ0n) is 21.8. The summed E-state index contributed by atoms with van der Waals surface area (Å²) in [6, 6.07) is 26.5. The van der Waals surface area contributed by atoms with Crippen LogP contribution in [-0.4, -0.2) is 11.9 Å². The van der Waals surface area contributed by atoms with Crippen molar-refractivity contribution in [1.82, 2.24) is 0 Å². The predicted octanol–water partition coefficient (Wildman–Crippen LogP) is 7.53. The smallest absolute Gasteiger partial charge is 0.343 e. The third kappa shape index (κ3) is 6.95. The van der Waals surface area contributed by atoms with E-state index in [1.807, 2.05) is 100 Å². The average molecular weight is 493 g/mol. The minimum absolute atomic E-state index is 0.348. The second kappa shape index (κ2) is 11.7. The van der Waals surface area contributed by atoms with Crippen molar-refractivity contribution in [2.24, 2.45) is 0 Å². The van der Waals surface area contributed by atoms with Gasteiger partial charge >= 0.3 is 11.9 Å². The fraction of sp³-hybridized carbons (Fsp3) is 0.212. The third-order valence-corrected chi connectivity index (χ3v) is 6.68. The van der Waals surface area contributed by atoms with E-state index in [1.165, 1.54) is 11.1 Å². The van der Waals surface area contributed by atoms with Gasteiger partial charge in [0.2, 0.25) is 0 Å². The van der Waals surface area contributed by atoms with E-state index in [0.29, 0.717) is 22.6 Å². The Morgan fingerprint density at radius 3 is 1.24 bits per heavy atom. The summed E-state index contributed by atoms with van der Waals surface area (Å²) in [4.78, 5) is 24.8. The topological polar surface area (TPSA) is 52.6 Å². The number of carbonyl (C=O) groups excluding carboxylic acids is 2. The van der Waals surface area contributed by atoms with Gasteiger partial charge in [-0.2, -0.15) is 0 Å². The normalized spacial score (nSPS) is 10.7. The summed E-state index contributed by atoms with van der Waals surface area (Å²) >= 11 is 0. The van der Waals surface area contributed by atoms with Crippen molar-refractivity contribution in [3.8, 4) is 11.5 Å². The lowest BCUT2D eigenvalue weighted by Gasteiger charge is -2.08. The summed E-state index contributed by atoms with van der Waals surface area (Å²) in [7, 11) is 0. The van der Waals surface area contributed by atoms with Crippen molar-refractivity contribution in [3.05, 3.63) is 129 Å². The molecule has 0 aliphatic rings. The Hall–Kier alpha value is -4.18. The number of ether oxygens (including phenoxy) is 2. The van der Waals surface area contributed by atoms with Crippen LogP contribution in [0.1, 0.15) is 60.5 Å². The van der Waals surface area contributed by atoms with Gasteiger partial charge in [0.15, 0.2) is 0 Å². The minimum atomic E-state index is -0.348. The molecule has 0 heterocycles. The molecule has 0 bridgehead atoms. The Bertz CT molecular complexity index is 1290. The molecule has 0 fully saturated rings. The van der Waals surface area contributed by atoms with Gasteiger partial charge in [-0.05, 0) is 129 Å². The standard InChI is InChI=1S/C33H32O4/c1-22-8-14-28(20-24(22)3)32(34)36-30-16-10-26(11-17-30)6-5-7-27-12-18-31(19-13-27)37-33(35)29-15-9-23(2)25(4)21-29/h8-21H,5-7H2,1-4H3. The van der Waals surface area contributed by atoms with Crippen molar-refractivity contribution in [2.75, 3.05) is 0 Å². The zero-order chi connectivity index (χ0) is 26.4. The molecule has 188 valence electrons. The number of rotatable bonds is 8. The lowest BCUT2D eigenvalue weighted by atomic mass is 10.0. The quantitative estimate of drug-likeness (QED) is 0.188. The Morgan fingerprint density at radius 1 is 0.514 bits per heavy atom. The maximum atomic E-state index is 12.4. The largest absolute Gasteiger partial charge is 0.423 e. The molecular formula is C33H32O4. The van der Waals surface area contributed by atoms with Gasteiger partial charge in [0.25, 0.3) is 0 Å². The Labute approximate surface area is 218 Å². The molecule has 0 spiro atoms. The van der Waals surface area contributed by atoms with Crippen molar-refractivity contribution >= 4 is 11.9 Å². The van der Waals surface area contributed by atoms with Crippen LogP contribution in [0.2, 0.25) is 0 Å². The number of carbonyl (C=O) groups is 2. The molecule has 0 aliphatic heterocycles. The first-order valence-electron chi connectivity index (χ1n) is 12.6. The van der Waals surface area contributed by atoms with Crippen molar-refractivity contribution in [2.45, 2.75) is 47.0 Å². The fourth-order valence-corrected chi connectivity index (χ4v) is 4.01.